The van der Waals surface area contributed by atoms with E-state index in [0.717, 1.165) is 0 Å². The Balaban J connectivity index is 2.31. The van der Waals surface area contributed by atoms with Crippen LogP contribution in [0.4, 0.5) is 4.39 Å². The first kappa shape index (κ1) is 14.0. The van der Waals surface area contributed by atoms with Gasteiger partial charge in [-0.15, -0.1) is 0 Å². The maximum Gasteiger partial charge on any atom is 0.330 e. The molecule has 0 saturated carbocycles. The lowest BCUT2D eigenvalue weighted by atomic mass is 9.96. The first-order chi connectivity index (χ1) is 9.01. The fourth-order valence-electron chi connectivity index (χ4n) is 2.55. The van der Waals surface area contributed by atoms with Crippen molar-refractivity contribution in [1.82, 2.24) is 9.55 Å². The van der Waals surface area contributed by atoms with Gasteiger partial charge in [-0.25, -0.2) is 9.18 Å². The lowest BCUT2D eigenvalue weighted by Crippen LogP contribution is -2.38. The van der Waals surface area contributed by atoms with E-state index < -0.39 is 29.8 Å². The lowest BCUT2D eigenvalue weighted by Gasteiger charge is -2.25. The second kappa shape index (κ2) is 5.26. The zero-order chi connectivity index (χ0) is 14.0. The Bertz CT molecular complexity index is 555. The summed E-state index contributed by atoms with van der Waals surface area (Å²) in [7, 11) is 1.48. The number of nitrogens with zero attached hydrogens (tertiary/aromatic N) is 1. The Kier molecular flexibility index (Phi) is 3.86. The number of aromatic amines is 1. The third-order valence-electron chi connectivity index (χ3n) is 3.33. The smallest absolute Gasteiger partial charge is 0.330 e. The van der Waals surface area contributed by atoms with Gasteiger partial charge < -0.3 is 9.47 Å². The van der Waals surface area contributed by atoms with Crippen LogP contribution in [0, 0.1) is 5.92 Å². The molecule has 3 unspecified atom stereocenters. The number of halogens is 1. The standard InChI is InChI=1S/C12H17FN2O4/c1-8-5-12(6-13,7-18-2)19-10(8)15-4-3-9(16)14-11(15)17/h3-4,8,10H,5-7H2,1-2H3,(H,14,16,17). The Labute approximate surface area is 109 Å². The van der Waals surface area contributed by atoms with E-state index in [1.807, 2.05) is 6.92 Å². The topological polar surface area (TPSA) is 73.3 Å². The molecule has 3 atom stereocenters. The quantitative estimate of drug-likeness (QED) is 0.863. The zero-order valence-electron chi connectivity index (χ0n) is 10.9. The molecule has 2 heterocycles. The molecule has 0 aliphatic carbocycles. The van der Waals surface area contributed by atoms with Crippen LogP contribution in [0.2, 0.25) is 0 Å². The van der Waals surface area contributed by atoms with Gasteiger partial charge in [0.05, 0.1) is 6.61 Å². The predicted octanol–water partition coefficient (Wildman–Crippen LogP) is 0.446. The summed E-state index contributed by atoms with van der Waals surface area (Å²) in [5.41, 5.74) is -2.05. The number of alkyl halides is 1. The molecule has 7 heteroatoms. The van der Waals surface area contributed by atoms with Crippen LogP contribution in [-0.2, 0) is 9.47 Å². The molecule has 1 fully saturated rings. The van der Waals surface area contributed by atoms with Gasteiger partial charge >= 0.3 is 5.69 Å². The lowest BCUT2D eigenvalue weighted by molar-refractivity contribution is -0.119. The van der Waals surface area contributed by atoms with Gasteiger partial charge in [-0.05, 0) is 6.42 Å². The van der Waals surface area contributed by atoms with Gasteiger partial charge in [-0.2, -0.15) is 0 Å². The van der Waals surface area contributed by atoms with Crippen LogP contribution in [0.15, 0.2) is 21.9 Å². The molecule has 6 nitrogen and oxygen atoms in total. The highest BCUT2D eigenvalue weighted by atomic mass is 19.1. The summed E-state index contributed by atoms with van der Waals surface area (Å²) in [6.07, 6.45) is 1.21. The average Bonchev–Trinajstić information content (AvgIpc) is 2.68. The van der Waals surface area contributed by atoms with Crippen molar-refractivity contribution in [2.24, 2.45) is 5.92 Å². The minimum absolute atomic E-state index is 0.0606. The van der Waals surface area contributed by atoms with Crippen molar-refractivity contribution in [2.75, 3.05) is 20.4 Å². The molecule has 1 saturated heterocycles. The second-order valence-corrected chi connectivity index (χ2v) is 4.96. The maximum atomic E-state index is 13.2. The predicted molar refractivity (Wildman–Crippen MR) is 65.8 cm³/mol. The highest BCUT2D eigenvalue weighted by Gasteiger charge is 2.46. The van der Waals surface area contributed by atoms with Crippen LogP contribution < -0.4 is 11.2 Å². The highest BCUT2D eigenvalue weighted by Crippen LogP contribution is 2.40. The first-order valence-electron chi connectivity index (χ1n) is 6.05. The zero-order valence-corrected chi connectivity index (χ0v) is 10.9. The summed E-state index contributed by atoms with van der Waals surface area (Å²) in [4.78, 5) is 24.9. The third kappa shape index (κ3) is 2.62. The molecule has 1 aromatic heterocycles. The molecule has 0 amide bonds. The number of ether oxygens (including phenoxy) is 2. The average molecular weight is 272 g/mol. The monoisotopic (exact) mass is 272 g/mol. The summed E-state index contributed by atoms with van der Waals surface area (Å²) in [5.74, 6) is -0.0606. The van der Waals surface area contributed by atoms with Crippen LogP contribution in [0.25, 0.3) is 0 Å². The van der Waals surface area contributed by atoms with E-state index >= 15 is 0 Å². The van der Waals surface area contributed by atoms with Crippen molar-refractivity contribution < 1.29 is 13.9 Å². The Morgan fingerprint density at radius 1 is 1.63 bits per heavy atom. The molecule has 2 rings (SSSR count). The Morgan fingerprint density at radius 3 is 2.95 bits per heavy atom. The van der Waals surface area contributed by atoms with Crippen LogP contribution in [0.1, 0.15) is 19.6 Å². The third-order valence-corrected chi connectivity index (χ3v) is 3.33. The molecular formula is C12H17FN2O4. The number of hydrogen-bond donors (Lipinski definition) is 1. The molecule has 1 aliphatic rings. The summed E-state index contributed by atoms with van der Waals surface area (Å²) >= 11 is 0. The molecule has 1 aromatic rings. The summed E-state index contributed by atoms with van der Waals surface area (Å²) in [6.45, 7) is 1.32. The molecule has 19 heavy (non-hydrogen) atoms. The van der Waals surface area contributed by atoms with Crippen molar-refractivity contribution in [1.29, 1.82) is 0 Å². The van der Waals surface area contributed by atoms with Crippen molar-refractivity contribution >= 4 is 0 Å². The number of nitrogens with one attached hydrogen (secondary N) is 1. The Morgan fingerprint density at radius 2 is 2.37 bits per heavy atom. The fourth-order valence-corrected chi connectivity index (χ4v) is 2.55. The van der Waals surface area contributed by atoms with Gasteiger partial charge in [-0.3, -0.25) is 14.3 Å². The van der Waals surface area contributed by atoms with E-state index in [-0.39, 0.29) is 12.5 Å². The van der Waals surface area contributed by atoms with E-state index in [1.54, 1.807) is 0 Å². The van der Waals surface area contributed by atoms with Gasteiger partial charge in [0.1, 0.15) is 18.5 Å². The normalized spacial score (nSPS) is 30.7. The number of H-pyrrole nitrogens is 1. The van der Waals surface area contributed by atoms with Crippen molar-refractivity contribution in [3.8, 4) is 0 Å². The van der Waals surface area contributed by atoms with Gasteiger partial charge in [0.15, 0.2) is 0 Å². The van der Waals surface area contributed by atoms with Crippen molar-refractivity contribution in [3.63, 3.8) is 0 Å². The van der Waals surface area contributed by atoms with Gasteiger partial charge in [-0.1, -0.05) is 6.92 Å². The Hall–Kier alpha value is -1.47. The largest absolute Gasteiger partial charge is 0.382 e. The van der Waals surface area contributed by atoms with E-state index in [2.05, 4.69) is 4.98 Å². The number of rotatable bonds is 4. The summed E-state index contributed by atoms with van der Waals surface area (Å²) < 4.78 is 25.2. The van der Waals surface area contributed by atoms with Crippen LogP contribution in [-0.4, -0.2) is 35.5 Å². The minimum Gasteiger partial charge on any atom is -0.382 e. The number of methoxy groups -OCH3 is 1. The molecule has 1 N–H and O–H groups in total. The van der Waals surface area contributed by atoms with Crippen molar-refractivity contribution in [3.05, 3.63) is 33.1 Å². The molecule has 0 bridgehead atoms. The van der Waals surface area contributed by atoms with E-state index in [1.165, 1.54) is 23.9 Å². The molecule has 0 aromatic carbocycles. The highest BCUT2D eigenvalue weighted by molar-refractivity contribution is 4.94. The summed E-state index contributed by atoms with van der Waals surface area (Å²) in [6, 6.07) is 1.24. The van der Waals surface area contributed by atoms with Crippen LogP contribution in [0.5, 0.6) is 0 Å². The molecule has 106 valence electrons. The number of hydrogen-bond acceptors (Lipinski definition) is 4. The van der Waals surface area contributed by atoms with Crippen molar-refractivity contribution in [2.45, 2.75) is 25.2 Å². The fraction of sp³-hybridized carbons (Fsp3) is 0.667. The molecule has 1 aliphatic heterocycles. The summed E-state index contributed by atoms with van der Waals surface area (Å²) in [5, 5.41) is 0. The maximum absolute atomic E-state index is 13.2. The SMILES string of the molecule is COCC1(CF)CC(C)C(n2ccc(=O)[nH]c2=O)O1. The van der Waals surface area contributed by atoms with E-state index in [0.29, 0.717) is 6.42 Å². The van der Waals surface area contributed by atoms with Gasteiger partial charge in [0.25, 0.3) is 5.56 Å². The molecule has 0 radical (unpaired) electrons. The number of aromatic nitrogens is 2. The first-order valence-corrected chi connectivity index (χ1v) is 6.05. The molecule has 0 spiro atoms. The minimum atomic E-state index is -1.02. The van der Waals surface area contributed by atoms with Crippen LogP contribution >= 0.6 is 0 Å². The van der Waals surface area contributed by atoms with Gasteiger partial charge in [0.2, 0.25) is 0 Å². The van der Waals surface area contributed by atoms with Crippen LogP contribution in [0.3, 0.4) is 0 Å². The molecular weight excluding hydrogens is 255 g/mol. The van der Waals surface area contributed by atoms with Gasteiger partial charge in [0, 0.05) is 25.3 Å². The second-order valence-electron chi connectivity index (χ2n) is 4.96. The van der Waals surface area contributed by atoms with E-state index in [9.17, 15) is 14.0 Å². The van der Waals surface area contributed by atoms with E-state index in [4.69, 9.17) is 9.47 Å².